The molecule has 0 spiro atoms. The Hall–Kier alpha value is -1.88. The molecule has 1 aromatic carbocycles. The molecule has 0 bridgehead atoms. The third kappa shape index (κ3) is 5.48. The molecule has 0 saturated carbocycles. The molecule has 0 aliphatic carbocycles. The molecule has 2 rings (SSSR count). The maximum Gasteiger partial charge on any atom is 0.335 e. The summed E-state index contributed by atoms with van der Waals surface area (Å²) in [5.74, 6) is -0.874. The van der Waals surface area contributed by atoms with Crippen molar-refractivity contribution in [3.05, 3.63) is 35.4 Å². The summed E-state index contributed by atoms with van der Waals surface area (Å²) in [4.78, 5) is 22.5. The van der Waals surface area contributed by atoms with Gasteiger partial charge in [0.15, 0.2) is 0 Å². The van der Waals surface area contributed by atoms with E-state index in [1.165, 1.54) is 6.42 Å². The van der Waals surface area contributed by atoms with Crippen LogP contribution in [-0.2, 0) is 16.0 Å². The summed E-state index contributed by atoms with van der Waals surface area (Å²) < 4.78 is 5.60. The molecule has 1 aliphatic heterocycles. The highest BCUT2D eigenvalue weighted by atomic mass is 16.5. The first-order valence-corrected chi connectivity index (χ1v) is 7.85. The molecule has 1 amide bonds. The zero-order valence-electron chi connectivity index (χ0n) is 12.7. The Morgan fingerprint density at radius 1 is 1.23 bits per heavy atom. The Bertz CT molecular complexity index is 492. The molecule has 5 heteroatoms. The molecule has 1 fully saturated rings. The van der Waals surface area contributed by atoms with Crippen LogP contribution in [0.3, 0.4) is 0 Å². The monoisotopic (exact) mass is 305 g/mol. The fraction of sp³-hybridized carbons (Fsp3) is 0.529. The number of ether oxygens (including phenoxy) is 1. The van der Waals surface area contributed by atoms with Gasteiger partial charge in [-0.15, -0.1) is 0 Å². The van der Waals surface area contributed by atoms with Crippen LogP contribution >= 0.6 is 0 Å². The summed E-state index contributed by atoms with van der Waals surface area (Å²) in [7, 11) is 0. The molecule has 0 aromatic heterocycles. The number of aromatic carboxylic acids is 1. The van der Waals surface area contributed by atoms with E-state index in [0.29, 0.717) is 19.4 Å². The lowest BCUT2D eigenvalue weighted by Gasteiger charge is -2.22. The van der Waals surface area contributed by atoms with E-state index in [4.69, 9.17) is 9.84 Å². The lowest BCUT2D eigenvalue weighted by atomic mass is 10.0. The van der Waals surface area contributed by atoms with Gasteiger partial charge < -0.3 is 15.2 Å². The highest BCUT2D eigenvalue weighted by Gasteiger charge is 2.15. The Balaban J connectivity index is 1.62. The first kappa shape index (κ1) is 16.5. The van der Waals surface area contributed by atoms with E-state index in [9.17, 15) is 9.59 Å². The van der Waals surface area contributed by atoms with Crippen molar-refractivity contribution in [3.63, 3.8) is 0 Å². The highest BCUT2D eigenvalue weighted by molar-refractivity contribution is 5.87. The second-order valence-corrected chi connectivity index (χ2v) is 5.63. The maximum absolute atomic E-state index is 11.8. The van der Waals surface area contributed by atoms with E-state index >= 15 is 0 Å². The van der Waals surface area contributed by atoms with Crippen molar-refractivity contribution in [2.75, 3.05) is 13.2 Å². The number of carboxylic acids is 1. The normalized spacial score (nSPS) is 17.9. The molecular weight excluding hydrogens is 282 g/mol. The van der Waals surface area contributed by atoms with Crippen molar-refractivity contribution in [2.45, 2.75) is 44.6 Å². The fourth-order valence-corrected chi connectivity index (χ4v) is 2.58. The summed E-state index contributed by atoms with van der Waals surface area (Å²) in [5.41, 5.74) is 1.29. The van der Waals surface area contributed by atoms with E-state index in [2.05, 4.69) is 5.32 Å². The van der Waals surface area contributed by atoms with Crippen LogP contribution in [0.4, 0.5) is 0 Å². The Kier molecular flexibility index (Phi) is 6.40. The van der Waals surface area contributed by atoms with Crippen LogP contribution in [0.5, 0.6) is 0 Å². The topological polar surface area (TPSA) is 75.6 Å². The van der Waals surface area contributed by atoms with Gasteiger partial charge in [0.05, 0.1) is 11.7 Å². The average molecular weight is 305 g/mol. The summed E-state index contributed by atoms with van der Waals surface area (Å²) >= 11 is 0. The number of benzene rings is 1. The molecule has 1 unspecified atom stereocenters. The Morgan fingerprint density at radius 3 is 2.64 bits per heavy atom. The van der Waals surface area contributed by atoms with Crippen molar-refractivity contribution < 1.29 is 19.4 Å². The van der Waals surface area contributed by atoms with Crippen LogP contribution in [0.2, 0.25) is 0 Å². The van der Waals surface area contributed by atoms with E-state index in [1.54, 1.807) is 24.3 Å². The lowest BCUT2D eigenvalue weighted by molar-refractivity contribution is -0.122. The molecule has 1 saturated heterocycles. The average Bonchev–Trinajstić information content (AvgIpc) is 2.54. The standard InChI is InChI=1S/C17H23NO4/c19-16(9-8-15-3-1-2-12-22-15)18-11-10-13-4-6-14(7-5-13)17(20)21/h4-7,15H,1-3,8-12H2,(H,18,19)(H,20,21). The molecule has 120 valence electrons. The molecule has 1 atom stereocenters. The third-order valence-electron chi connectivity index (χ3n) is 3.90. The van der Waals surface area contributed by atoms with Crippen molar-refractivity contribution in [2.24, 2.45) is 0 Å². The number of carbonyl (C=O) groups is 2. The first-order valence-electron chi connectivity index (χ1n) is 7.85. The van der Waals surface area contributed by atoms with Gasteiger partial charge >= 0.3 is 5.97 Å². The first-order chi connectivity index (χ1) is 10.6. The minimum absolute atomic E-state index is 0.0522. The number of rotatable bonds is 7. The highest BCUT2D eigenvalue weighted by Crippen LogP contribution is 2.16. The summed E-state index contributed by atoms with van der Waals surface area (Å²) in [6.45, 7) is 1.38. The van der Waals surface area contributed by atoms with Crippen molar-refractivity contribution in [1.82, 2.24) is 5.32 Å². The van der Waals surface area contributed by atoms with Gasteiger partial charge in [-0.05, 0) is 49.8 Å². The van der Waals surface area contributed by atoms with Gasteiger partial charge in [-0.3, -0.25) is 4.79 Å². The van der Waals surface area contributed by atoms with Crippen molar-refractivity contribution >= 4 is 11.9 Å². The number of carboxylic acid groups (broad SMARTS) is 1. The molecule has 1 aromatic rings. The van der Waals surface area contributed by atoms with Gasteiger partial charge in [-0.25, -0.2) is 4.79 Å². The van der Waals surface area contributed by atoms with Crippen molar-refractivity contribution in [3.8, 4) is 0 Å². The van der Waals surface area contributed by atoms with Gasteiger partial charge in [0.25, 0.3) is 0 Å². The SMILES string of the molecule is O=C(CCC1CCCCO1)NCCc1ccc(C(=O)O)cc1. The second-order valence-electron chi connectivity index (χ2n) is 5.63. The van der Waals surface area contributed by atoms with Crippen LogP contribution in [0.15, 0.2) is 24.3 Å². The largest absolute Gasteiger partial charge is 0.478 e. The van der Waals surface area contributed by atoms with E-state index < -0.39 is 5.97 Å². The van der Waals surface area contributed by atoms with Crippen LogP contribution in [-0.4, -0.2) is 36.2 Å². The molecule has 2 N–H and O–H groups in total. The van der Waals surface area contributed by atoms with Crippen LogP contribution in [0.1, 0.15) is 48.0 Å². The van der Waals surface area contributed by atoms with Crippen LogP contribution in [0, 0.1) is 0 Å². The second kappa shape index (κ2) is 8.54. The quantitative estimate of drug-likeness (QED) is 0.811. The molecular formula is C17H23NO4. The van der Waals surface area contributed by atoms with E-state index in [1.807, 2.05) is 0 Å². The summed E-state index contributed by atoms with van der Waals surface area (Å²) in [6.07, 6.45) is 5.61. The van der Waals surface area contributed by atoms with E-state index in [-0.39, 0.29) is 17.6 Å². The van der Waals surface area contributed by atoms with Crippen LogP contribution < -0.4 is 5.32 Å². The van der Waals surface area contributed by atoms with Crippen LogP contribution in [0.25, 0.3) is 0 Å². The Morgan fingerprint density at radius 2 is 2.00 bits per heavy atom. The number of nitrogens with one attached hydrogen (secondary N) is 1. The van der Waals surface area contributed by atoms with E-state index in [0.717, 1.165) is 31.4 Å². The fourth-order valence-electron chi connectivity index (χ4n) is 2.58. The third-order valence-corrected chi connectivity index (χ3v) is 3.90. The smallest absolute Gasteiger partial charge is 0.335 e. The molecule has 1 heterocycles. The molecule has 1 aliphatic rings. The number of hydrogen-bond donors (Lipinski definition) is 2. The van der Waals surface area contributed by atoms with Gasteiger partial charge in [0.2, 0.25) is 5.91 Å². The minimum Gasteiger partial charge on any atom is -0.478 e. The molecule has 0 radical (unpaired) electrons. The predicted octanol–water partition coefficient (Wildman–Crippen LogP) is 2.39. The van der Waals surface area contributed by atoms with Gasteiger partial charge in [0.1, 0.15) is 0 Å². The van der Waals surface area contributed by atoms with Gasteiger partial charge in [-0.2, -0.15) is 0 Å². The summed E-state index contributed by atoms with van der Waals surface area (Å²) in [6, 6.07) is 6.73. The van der Waals surface area contributed by atoms with Gasteiger partial charge in [-0.1, -0.05) is 12.1 Å². The zero-order valence-corrected chi connectivity index (χ0v) is 12.7. The number of amides is 1. The van der Waals surface area contributed by atoms with Crippen molar-refractivity contribution in [1.29, 1.82) is 0 Å². The molecule has 5 nitrogen and oxygen atoms in total. The zero-order chi connectivity index (χ0) is 15.8. The lowest BCUT2D eigenvalue weighted by Crippen LogP contribution is -2.28. The summed E-state index contributed by atoms with van der Waals surface area (Å²) in [5, 5.41) is 11.7. The number of hydrogen-bond acceptors (Lipinski definition) is 3. The maximum atomic E-state index is 11.8. The van der Waals surface area contributed by atoms with Gasteiger partial charge in [0, 0.05) is 19.6 Å². The minimum atomic E-state index is -0.926. The Labute approximate surface area is 130 Å². The number of carbonyl (C=O) groups excluding carboxylic acids is 1. The predicted molar refractivity (Wildman–Crippen MR) is 82.9 cm³/mol. The molecule has 22 heavy (non-hydrogen) atoms.